The Morgan fingerprint density at radius 2 is 2.00 bits per heavy atom. The Balaban J connectivity index is 1.93. The molecular weight excluding hydrogens is 248 g/mol. The van der Waals surface area contributed by atoms with Crippen molar-refractivity contribution >= 4 is 5.82 Å². The fraction of sp³-hybridized carbons (Fsp3) is 0.750. The fourth-order valence-electron chi connectivity index (χ4n) is 2.79. The first kappa shape index (κ1) is 15.2. The van der Waals surface area contributed by atoms with Crippen molar-refractivity contribution in [3.8, 4) is 0 Å². The number of hydrogen-bond donors (Lipinski definition) is 1. The van der Waals surface area contributed by atoms with Crippen LogP contribution in [0.3, 0.4) is 0 Å². The Morgan fingerprint density at radius 3 is 2.70 bits per heavy atom. The molecule has 4 heteroatoms. The zero-order valence-electron chi connectivity index (χ0n) is 13.1. The van der Waals surface area contributed by atoms with Crippen molar-refractivity contribution < 1.29 is 0 Å². The van der Waals surface area contributed by atoms with Crippen molar-refractivity contribution in [3.05, 3.63) is 18.1 Å². The molecule has 0 aromatic carbocycles. The average Bonchev–Trinajstić information content (AvgIpc) is 2.47. The van der Waals surface area contributed by atoms with Crippen LogP contribution in [-0.2, 0) is 6.54 Å². The Labute approximate surface area is 123 Å². The molecule has 1 aliphatic rings. The maximum absolute atomic E-state index is 4.75. The van der Waals surface area contributed by atoms with Crippen LogP contribution in [0.15, 0.2) is 12.4 Å². The summed E-state index contributed by atoms with van der Waals surface area (Å²) >= 11 is 0. The first-order chi connectivity index (χ1) is 9.66. The highest BCUT2D eigenvalue weighted by Crippen LogP contribution is 2.24. The summed E-state index contributed by atoms with van der Waals surface area (Å²) in [6, 6.07) is 0.636. The number of anilines is 1. The molecule has 20 heavy (non-hydrogen) atoms. The molecule has 2 rings (SSSR count). The number of rotatable bonds is 6. The molecule has 0 saturated heterocycles. The Hall–Kier alpha value is -1.16. The van der Waals surface area contributed by atoms with Gasteiger partial charge in [-0.3, -0.25) is 4.98 Å². The highest BCUT2D eigenvalue weighted by atomic mass is 15.2. The SMILES string of the molecule is CC(C)CNCc1cncc(N(C)C2CCCCC2)n1. The van der Waals surface area contributed by atoms with Gasteiger partial charge in [0, 0.05) is 25.8 Å². The van der Waals surface area contributed by atoms with E-state index in [9.17, 15) is 0 Å². The zero-order chi connectivity index (χ0) is 14.4. The van der Waals surface area contributed by atoms with E-state index in [-0.39, 0.29) is 0 Å². The Morgan fingerprint density at radius 1 is 1.25 bits per heavy atom. The normalized spacial score (nSPS) is 16.6. The second kappa shape index (κ2) is 7.58. The molecule has 0 aliphatic heterocycles. The summed E-state index contributed by atoms with van der Waals surface area (Å²) < 4.78 is 0. The lowest BCUT2D eigenvalue weighted by Gasteiger charge is -2.32. The molecule has 0 bridgehead atoms. The zero-order valence-corrected chi connectivity index (χ0v) is 13.1. The monoisotopic (exact) mass is 276 g/mol. The van der Waals surface area contributed by atoms with Gasteiger partial charge in [0.2, 0.25) is 0 Å². The highest BCUT2D eigenvalue weighted by Gasteiger charge is 2.19. The summed E-state index contributed by atoms with van der Waals surface area (Å²) in [5.41, 5.74) is 1.03. The van der Waals surface area contributed by atoms with Crippen LogP contribution in [0.25, 0.3) is 0 Å². The number of nitrogens with zero attached hydrogens (tertiary/aromatic N) is 3. The topological polar surface area (TPSA) is 41.1 Å². The summed E-state index contributed by atoms with van der Waals surface area (Å²) in [6.45, 7) is 6.25. The molecule has 1 aliphatic carbocycles. The summed E-state index contributed by atoms with van der Waals surface area (Å²) in [7, 11) is 2.16. The van der Waals surface area contributed by atoms with E-state index in [1.54, 1.807) is 0 Å². The third kappa shape index (κ3) is 4.44. The summed E-state index contributed by atoms with van der Waals surface area (Å²) in [6.07, 6.45) is 10.4. The fourth-order valence-corrected chi connectivity index (χ4v) is 2.79. The van der Waals surface area contributed by atoms with Crippen LogP contribution in [0.5, 0.6) is 0 Å². The highest BCUT2D eigenvalue weighted by molar-refractivity contribution is 5.36. The molecule has 1 saturated carbocycles. The molecule has 1 N–H and O–H groups in total. The van der Waals surface area contributed by atoms with Crippen LogP contribution in [0, 0.1) is 5.92 Å². The third-order valence-corrected chi connectivity index (χ3v) is 4.01. The van der Waals surface area contributed by atoms with Crippen molar-refractivity contribution in [1.29, 1.82) is 0 Å². The van der Waals surface area contributed by atoms with Crippen molar-refractivity contribution in [1.82, 2.24) is 15.3 Å². The van der Waals surface area contributed by atoms with Crippen LogP contribution in [0.1, 0.15) is 51.6 Å². The van der Waals surface area contributed by atoms with E-state index in [0.29, 0.717) is 12.0 Å². The molecule has 1 fully saturated rings. The maximum Gasteiger partial charge on any atom is 0.147 e. The van der Waals surface area contributed by atoms with Gasteiger partial charge in [-0.05, 0) is 25.3 Å². The lowest BCUT2D eigenvalue weighted by atomic mass is 9.94. The van der Waals surface area contributed by atoms with E-state index in [1.165, 1.54) is 32.1 Å². The predicted octanol–water partition coefficient (Wildman–Crippen LogP) is 2.99. The van der Waals surface area contributed by atoms with Gasteiger partial charge in [0.15, 0.2) is 0 Å². The number of nitrogens with one attached hydrogen (secondary N) is 1. The second-order valence-corrected chi connectivity index (χ2v) is 6.30. The molecule has 1 aromatic rings. The second-order valence-electron chi connectivity index (χ2n) is 6.30. The van der Waals surface area contributed by atoms with Crippen LogP contribution in [-0.4, -0.2) is 29.6 Å². The van der Waals surface area contributed by atoms with Crippen molar-refractivity contribution in [2.24, 2.45) is 5.92 Å². The van der Waals surface area contributed by atoms with Gasteiger partial charge in [0.1, 0.15) is 5.82 Å². The quantitative estimate of drug-likeness (QED) is 0.867. The summed E-state index contributed by atoms with van der Waals surface area (Å²) in [4.78, 5) is 11.4. The minimum absolute atomic E-state index is 0.636. The van der Waals surface area contributed by atoms with Crippen LogP contribution >= 0.6 is 0 Å². The molecule has 1 heterocycles. The van der Waals surface area contributed by atoms with Crippen LogP contribution < -0.4 is 10.2 Å². The predicted molar refractivity (Wildman–Crippen MR) is 83.9 cm³/mol. The van der Waals surface area contributed by atoms with E-state index < -0.39 is 0 Å². The molecule has 0 amide bonds. The minimum atomic E-state index is 0.636. The smallest absolute Gasteiger partial charge is 0.147 e. The average molecular weight is 276 g/mol. The Kier molecular flexibility index (Phi) is 5.77. The van der Waals surface area contributed by atoms with Crippen LogP contribution in [0.2, 0.25) is 0 Å². The van der Waals surface area contributed by atoms with Gasteiger partial charge in [-0.25, -0.2) is 4.98 Å². The molecule has 112 valence electrons. The number of aromatic nitrogens is 2. The lowest BCUT2D eigenvalue weighted by molar-refractivity contribution is 0.425. The minimum Gasteiger partial charge on any atom is -0.355 e. The van der Waals surface area contributed by atoms with E-state index in [0.717, 1.165) is 24.6 Å². The van der Waals surface area contributed by atoms with E-state index >= 15 is 0 Å². The van der Waals surface area contributed by atoms with Gasteiger partial charge >= 0.3 is 0 Å². The molecule has 0 spiro atoms. The third-order valence-electron chi connectivity index (χ3n) is 4.01. The molecule has 4 nitrogen and oxygen atoms in total. The first-order valence-corrected chi connectivity index (χ1v) is 7.91. The van der Waals surface area contributed by atoms with Crippen molar-refractivity contribution in [2.45, 2.75) is 58.5 Å². The lowest BCUT2D eigenvalue weighted by Crippen LogP contribution is -2.34. The van der Waals surface area contributed by atoms with Gasteiger partial charge in [-0.1, -0.05) is 33.1 Å². The first-order valence-electron chi connectivity index (χ1n) is 7.91. The summed E-state index contributed by atoms with van der Waals surface area (Å²) in [5, 5.41) is 3.43. The van der Waals surface area contributed by atoms with E-state index in [1.807, 2.05) is 12.4 Å². The largest absolute Gasteiger partial charge is 0.355 e. The van der Waals surface area contributed by atoms with E-state index in [4.69, 9.17) is 4.98 Å². The van der Waals surface area contributed by atoms with E-state index in [2.05, 4.69) is 36.1 Å². The molecule has 1 aromatic heterocycles. The summed E-state index contributed by atoms with van der Waals surface area (Å²) in [5.74, 6) is 1.68. The maximum atomic E-state index is 4.75. The Bertz CT molecular complexity index is 399. The van der Waals surface area contributed by atoms with Gasteiger partial charge in [-0.2, -0.15) is 0 Å². The van der Waals surface area contributed by atoms with Gasteiger partial charge in [0.25, 0.3) is 0 Å². The van der Waals surface area contributed by atoms with Gasteiger partial charge < -0.3 is 10.2 Å². The van der Waals surface area contributed by atoms with Gasteiger partial charge in [0.05, 0.1) is 11.9 Å². The molecular formula is C16H28N4. The van der Waals surface area contributed by atoms with Crippen molar-refractivity contribution in [2.75, 3.05) is 18.5 Å². The number of hydrogen-bond acceptors (Lipinski definition) is 4. The molecule has 0 radical (unpaired) electrons. The molecule has 0 unspecified atom stereocenters. The molecule has 0 atom stereocenters. The van der Waals surface area contributed by atoms with Crippen LogP contribution in [0.4, 0.5) is 5.82 Å². The van der Waals surface area contributed by atoms with Gasteiger partial charge in [-0.15, -0.1) is 0 Å². The van der Waals surface area contributed by atoms with Crippen molar-refractivity contribution in [3.63, 3.8) is 0 Å². The standard InChI is InChI=1S/C16H28N4/c1-13(2)9-17-10-14-11-18-12-16(19-14)20(3)15-7-5-4-6-8-15/h11-13,15,17H,4-10H2,1-3H3.